The van der Waals surface area contributed by atoms with E-state index in [1.165, 1.54) is 24.8 Å². The predicted molar refractivity (Wildman–Crippen MR) is 117 cm³/mol. The zero-order chi connectivity index (χ0) is 20.4. The van der Waals surface area contributed by atoms with Crippen molar-refractivity contribution in [3.8, 4) is 11.1 Å². The van der Waals surface area contributed by atoms with Gasteiger partial charge in [0.05, 0.1) is 11.2 Å². The molecule has 0 spiro atoms. The molecule has 1 unspecified atom stereocenters. The van der Waals surface area contributed by atoms with E-state index >= 15 is 0 Å². The number of nitrogens with one attached hydrogen (secondary N) is 1. The summed E-state index contributed by atoms with van der Waals surface area (Å²) in [5.74, 6) is 0.805. The van der Waals surface area contributed by atoms with Crippen molar-refractivity contribution >= 4 is 23.4 Å². The number of likely N-dealkylation sites (tertiary alicyclic amines) is 1. The van der Waals surface area contributed by atoms with Crippen LogP contribution in [0.1, 0.15) is 48.8 Å². The van der Waals surface area contributed by atoms with Gasteiger partial charge in [-0.2, -0.15) is 11.3 Å². The van der Waals surface area contributed by atoms with E-state index in [-0.39, 0.29) is 5.54 Å². The molecule has 1 atom stereocenters. The number of hydrogen-bond acceptors (Lipinski definition) is 5. The Hall–Kier alpha value is -2.44. The van der Waals surface area contributed by atoms with Crippen LogP contribution in [0.2, 0.25) is 0 Å². The highest BCUT2D eigenvalue weighted by atomic mass is 32.1. The van der Waals surface area contributed by atoms with E-state index in [4.69, 9.17) is 4.52 Å². The van der Waals surface area contributed by atoms with E-state index in [0.29, 0.717) is 0 Å². The highest BCUT2D eigenvalue weighted by Crippen LogP contribution is 2.43. The first-order valence-corrected chi connectivity index (χ1v) is 11.1. The molecule has 152 valence electrons. The molecule has 1 saturated heterocycles. The van der Waals surface area contributed by atoms with Crippen LogP contribution < -0.4 is 5.32 Å². The van der Waals surface area contributed by atoms with Crippen molar-refractivity contribution < 1.29 is 9.32 Å². The van der Waals surface area contributed by atoms with Gasteiger partial charge in [-0.1, -0.05) is 17.6 Å². The highest BCUT2D eigenvalue weighted by Gasteiger charge is 2.38. The SMILES string of the molecule is Cc1noc(C)c1-c1ccc(NC=O)c(C(C)(c2ccsc2)N2CCCCC2)c1. The Morgan fingerprint density at radius 1 is 1.21 bits per heavy atom. The lowest BCUT2D eigenvalue weighted by molar-refractivity contribution is -0.105. The van der Waals surface area contributed by atoms with Crippen molar-refractivity contribution in [3.05, 3.63) is 57.6 Å². The van der Waals surface area contributed by atoms with Gasteiger partial charge < -0.3 is 9.84 Å². The maximum absolute atomic E-state index is 11.4. The molecule has 29 heavy (non-hydrogen) atoms. The summed E-state index contributed by atoms with van der Waals surface area (Å²) in [5, 5.41) is 11.4. The molecule has 3 heterocycles. The van der Waals surface area contributed by atoms with Crippen LogP contribution in [0.5, 0.6) is 0 Å². The number of amides is 1. The number of hydrogen-bond donors (Lipinski definition) is 1. The Kier molecular flexibility index (Phi) is 5.56. The number of carbonyl (C=O) groups is 1. The van der Waals surface area contributed by atoms with Gasteiger partial charge in [0.25, 0.3) is 0 Å². The number of rotatable bonds is 6. The largest absolute Gasteiger partial charge is 0.361 e. The lowest BCUT2D eigenvalue weighted by atomic mass is 9.80. The van der Waals surface area contributed by atoms with Crippen LogP contribution in [0.25, 0.3) is 11.1 Å². The third kappa shape index (κ3) is 3.51. The molecule has 1 N–H and O–H groups in total. The zero-order valence-electron chi connectivity index (χ0n) is 17.2. The lowest BCUT2D eigenvalue weighted by Gasteiger charge is -2.44. The van der Waals surface area contributed by atoms with Gasteiger partial charge in [-0.05, 0) is 86.8 Å². The van der Waals surface area contributed by atoms with Gasteiger partial charge in [-0.3, -0.25) is 9.69 Å². The molecular weight excluding hydrogens is 382 g/mol. The van der Waals surface area contributed by atoms with Crippen LogP contribution in [0.15, 0.2) is 39.5 Å². The minimum Gasteiger partial charge on any atom is -0.361 e. The molecule has 1 aliphatic rings. The number of aryl methyl sites for hydroxylation is 2. The van der Waals surface area contributed by atoms with Gasteiger partial charge in [0, 0.05) is 16.8 Å². The summed E-state index contributed by atoms with van der Waals surface area (Å²) >= 11 is 1.71. The topological polar surface area (TPSA) is 58.4 Å². The molecule has 6 heteroatoms. The van der Waals surface area contributed by atoms with E-state index in [1.54, 1.807) is 11.3 Å². The average molecular weight is 410 g/mol. The molecule has 3 aromatic rings. The van der Waals surface area contributed by atoms with Crippen LogP contribution >= 0.6 is 11.3 Å². The second-order valence-electron chi connectivity index (χ2n) is 7.85. The van der Waals surface area contributed by atoms with E-state index in [2.05, 4.69) is 45.2 Å². The fourth-order valence-corrected chi connectivity index (χ4v) is 5.34. The summed E-state index contributed by atoms with van der Waals surface area (Å²) in [6.07, 6.45) is 4.42. The molecule has 0 bridgehead atoms. The van der Waals surface area contributed by atoms with Gasteiger partial charge in [-0.25, -0.2) is 0 Å². The first-order chi connectivity index (χ1) is 14.1. The summed E-state index contributed by atoms with van der Waals surface area (Å²) in [6, 6.07) is 8.43. The van der Waals surface area contributed by atoms with E-state index in [9.17, 15) is 4.79 Å². The Labute approximate surface area is 175 Å². The number of aromatic nitrogens is 1. The van der Waals surface area contributed by atoms with Crippen molar-refractivity contribution in [2.75, 3.05) is 18.4 Å². The van der Waals surface area contributed by atoms with E-state index in [1.807, 2.05) is 26.0 Å². The number of carbonyl (C=O) groups excluding carboxylic acids is 1. The minimum absolute atomic E-state index is 0.333. The lowest BCUT2D eigenvalue weighted by Crippen LogP contribution is -2.47. The Morgan fingerprint density at radius 3 is 2.62 bits per heavy atom. The van der Waals surface area contributed by atoms with Gasteiger partial charge in [-0.15, -0.1) is 0 Å². The second kappa shape index (κ2) is 8.13. The van der Waals surface area contributed by atoms with Gasteiger partial charge in [0.1, 0.15) is 5.76 Å². The number of nitrogens with zero attached hydrogens (tertiary/aromatic N) is 2. The monoisotopic (exact) mass is 409 g/mol. The third-order valence-electron chi connectivity index (χ3n) is 6.15. The van der Waals surface area contributed by atoms with Crippen LogP contribution in [0.4, 0.5) is 5.69 Å². The van der Waals surface area contributed by atoms with Crippen molar-refractivity contribution in [2.24, 2.45) is 0 Å². The summed E-state index contributed by atoms with van der Waals surface area (Å²) in [4.78, 5) is 13.9. The van der Waals surface area contributed by atoms with E-state index < -0.39 is 0 Å². The molecule has 0 aliphatic carbocycles. The first kappa shape index (κ1) is 19.9. The van der Waals surface area contributed by atoms with Crippen molar-refractivity contribution in [3.63, 3.8) is 0 Å². The number of anilines is 1. The van der Waals surface area contributed by atoms with Gasteiger partial charge in [0.15, 0.2) is 0 Å². The third-order valence-corrected chi connectivity index (χ3v) is 6.84. The molecular formula is C23H27N3O2S. The zero-order valence-corrected chi connectivity index (χ0v) is 18.0. The van der Waals surface area contributed by atoms with Crippen LogP contribution in [0.3, 0.4) is 0 Å². The summed E-state index contributed by atoms with van der Waals surface area (Å²) in [6.45, 7) is 8.27. The maximum atomic E-state index is 11.4. The van der Waals surface area contributed by atoms with Gasteiger partial charge in [0.2, 0.25) is 6.41 Å². The highest BCUT2D eigenvalue weighted by molar-refractivity contribution is 7.08. The molecule has 5 nitrogen and oxygen atoms in total. The van der Waals surface area contributed by atoms with E-state index in [0.717, 1.165) is 53.3 Å². The fraction of sp³-hybridized carbons (Fsp3) is 0.391. The van der Waals surface area contributed by atoms with Crippen LogP contribution in [-0.2, 0) is 10.3 Å². The van der Waals surface area contributed by atoms with Crippen molar-refractivity contribution in [1.29, 1.82) is 0 Å². The van der Waals surface area contributed by atoms with Crippen molar-refractivity contribution in [2.45, 2.75) is 45.6 Å². The minimum atomic E-state index is -0.333. The second-order valence-corrected chi connectivity index (χ2v) is 8.63. The molecule has 1 amide bonds. The fourth-order valence-electron chi connectivity index (χ4n) is 4.58. The smallest absolute Gasteiger partial charge is 0.211 e. The van der Waals surface area contributed by atoms with Crippen LogP contribution in [0, 0.1) is 13.8 Å². The molecule has 4 rings (SSSR count). The Bertz CT molecular complexity index is 970. The quantitative estimate of drug-likeness (QED) is 0.559. The molecule has 1 aromatic carbocycles. The molecule has 2 aromatic heterocycles. The normalized spacial score (nSPS) is 17.1. The molecule has 1 aliphatic heterocycles. The molecule has 1 fully saturated rings. The summed E-state index contributed by atoms with van der Waals surface area (Å²) < 4.78 is 5.41. The number of piperidine rings is 1. The number of thiophene rings is 1. The summed E-state index contributed by atoms with van der Waals surface area (Å²) in [7, 11) is 0. The first-order valence-electron chi connectivity index (χ1n) is 10.1. The maximum Gasteiger partial charge on any atom is 0.211 e. The Morgan fingerprint density at radius 2 is 2.00 bits per heavy atom. The standard InChI is InChI=1S/C23H27N3O2S/c1-16-22(17(2)28-25-16)18-7-8-21(24-15-27)20(13-18)23(3,19-9-12-29-14-19)26-10-5-4-6-11-26/h7-9,12-15H,4-6,10-11H2,1-3H3,(H,24,27). The van der Waals surface area contributed by atoms with Crippen molar-refractivity contribution in [1.82, 2.24) is 10.1 Å². The predicted octanol–water partition coefficient (Wildman–Crippen LogP) is 5.34. The summed E-state index contributed by atoms with van der Waals surface area (Å²) in [5.41, 5.74) is 5.83. The Balaban J connectivity index is 1.93. The van der Waals surface area contributed by atoms with Gasteiger partial charge >= 0.3 is 0 Å². The number of benzene rings is 1. The molecule has 0 radical (unpaired) electrons. The average Bonchev–Trinajstić information content (AvgIpc) is 3.39. The molecule has 0 saturated carbocycles. The van der Waals surface area contributed by atoms with Crippen LogP contribution in [-0.4, -0.2) is 29.6 Å².